The quantitative estimate of drug-likeness (QED) is 0.764. The molecule has 1 aromatic carbocycles. The Kier molecular flexibility index (Phi) is 5.51. The molecule has 1 aromatic rings. The number of hydrogen-bond donors (Lipinski definition) is 1. The third-order valence-electron chi connectivity index (χ3n) is 2.86. The summed E-state index contributed by atoms with van der Waals surface area (Å²) in [5.74, 6) is -1.04. The summed E-state index contributed by atoms with van der Waals surface area (Å²) in [6, 6.07) is 5.89. The monoisotopic (exact) mass is 265 g/mol. The van der Waals surface area contributed by atoms with E-state index in [1.165, 1.54) is 4.90 Å². The third-order valence-corrected chi connectivity index (χ3v) is 2.86. The first-order chi connectivity index (χ1) is 9.01. The number of aliphatic carboxylic acids is 1. The van der Waals surface area contributed by atoms with Gasteiger partial charge in [-0.3, -0.25) is 4.79 Å². The predicted octanol–water partition coefficient (Wildman–Crippen LogP) is 1.83. The van der Waals surface area contributed by atoms with Crippen molar-refractivity contribution in [1.82, 2.24) is 4.90 Å². The molecule has 0 aliphatic rings. The summed E-state index contributed by atoms with van der Waals surface area (Å²) in [6.07, 6.45) is 0.576. The number of rotatable bonds is 7. The van der Waals surface area contributed by atoms with Crippen molar-refractivity contribution in [2.45, 2.75) is 32.5 Å². The zero-order valence-corrected chi connectivity index (χ0v) is 11.4. The lowest BCUT2D eigenvalue weighted by Gasteiger charge is -2.28. The molecule has 0 bridgehead atoms. The SMILES string of the molecule is COCc1ccc(C(C(=O)O)N(C=O)C(C)C)cc1. The van der Waals surface area contributed by atoms with Crippen LogP contribution in [0.25, 0.3) is 0 Å². The van der Waals surface area contributed by atoms with Gasteiger partial charge < -0.3 is 14.7 Å². The summed E-state index contributed by atoms with van der Waals surface area (Å²) in [6.45, 7) is 4.03. The maximum Gasteiger partial charge on any atom is 0.331 e. The number of benzene rings is 1. The molecular formula is C14H19NO4. The van der Waals surface area contributed by atoms with E-state index in [2.05, 4.69) is 0 Å². The summed E-state index contributed by atoms with van der Waals surface area (Å²) < 4.78 is 5.00. The van der Waals surface area contributed by atoms with Crippen LogP contribution in [0.5, 0.6) is 0 Å². The van der Waals surface area contributed by atoms with Crippen LogP contribution in [0.4, 0.5) is 0 Å². The number of carboxylic acids is 1. The molecule has 0 aliphatic carbocycles. The lowest BCUT2D eigenvalue weighted by atomic mass is 10.0. The molecule has 1 amide bonds. The van der Waals surface area contributed by atoms with Crippen LogP contribution in [-0.4, -0.2) is 35.5 Å². The van der Waals surface area contributed by atoms with Gasteiger partial charge in [-0.05, 0) is 25.0 Å². The van der Waals surface area contributed by atoms with Crippen molar-refractivity contribution in [3.05, 3.63) is 35.4 Å². The highest BCUT2D eigenvalue weighted by atomic mass is 16.5. The number of carbonyl (C=O) groups is 2. The van der Waals surface area contributed by atoms with Crippen LogP contribution in [0, 0.1) is 0 Å². The first kappa shape index (κ1) is 15.2. The van der Waals surface area contributed by atoms with Crippen LogP contribution in [0.3, 0.4) is 0 Å². The number of methoxy groups -OCH3 is 1. The van der Waals surface area contributed by atoms with E-state index in [-0.39, 0.29) is 6.04 Å². The van der Waals surface area contributed by atoms with Crippen LogP contribution < -0.4 is 0 Å². The molecule has 1 N–H and O–H groups in total. The van der Waals surface area contributed by atoms with Gasteiger partial charge >= 0.3 is 5.97 Å². The summed E-state index contributed by atoms with van der Waals surface area (Å²) in [5.41, 5.74) is 1.53. The Labute approximate surface area is 112 Å². The molecule has 0 saturated heterocycles. The van der Waals surface area contributed by atoms with E-state index >= 15 is 0 Å². The second kappa shape index (κ2) is 6.89. The first-order valence-electron chi connectivity index (χ1n) is 6.04. The second-order valence-electron chi connectivity index (χ2n) is 4.56. The predicted molar refractivity (Wildman–Crippen MR) is 70.6 cm³/mol. The minimum absolute atomic E-state index is 0.183. The molecule has 1 rings (SSSR count). The maximum absolute atomic E-state index is 11.4. The Balaban J connectivity index is 3.05. The summed E-state index contributed by atoms with van der Waals surface area (Å²) in [4.78, 5) is 23.8. The number of carboxylic acid groups (broad SMARTS) is 1. The van der Waals surface area contributed by atoms with Crippen molar-refractivity contribution in [3.63, 3.8) is 0 Å². The Bertz CT molecular complexity index is 428. The minimum Gasteiger partial charge on any atom is -0.479 e. The molecule has 1 atom stereocenters. The molecule has 5 nitrogen and oxygen atoms in total. The molecule has 0 aromatic heterocycles. The van der Waals surface area contributed by atoms with E-state index in [9.17, 15) is 14.7 Å². The number of ether oxygens (including phenoxy) is 1. The van der Waals surface area contributed by atoms with Crippen molar-refractivity contribution in [3.8, 4) is 0 Å². The molecule has 0 heterocycles. The normalized spacial score (nSPS) is 12.2. The van der Waals surface area contributed by atoms with E-state index in [1.807, 2.05) is 0 Å². The zero-order chi connectivity index (χ0) is 14.4. The van der Waals surface area contributed by atoms with Crippen molar-refractivity contribution < 1.29 is 19.4 Å². The average Bonchev–Trinajstić information content (AvgIpc) is 2.36. The standard InChI is InChI=1S/C14H19NO4/c1-10(2)15(9-16)13(14(17)18)12-6-4-11(5-7-12)8-19-3/h4-7,9-10,13H,8H2,1-3H3,(H,17,18). The van der Waals surface area contributed by atoms with Crippen LogP contribution in [0.1, 0.15) is 31.0 Å². The Morgan fingerprint density at radius 2 is 1.95 bits per heavy atom. The van der Waals surface area contributed by atoms with Gasteiger partial charge in [0.2, 0.25) is 6.41 Å². The van der Waals surface area contributed by atoms with Gasteiger partial charge in [-0.1, -0.05) is 24.3 Å². The first-order valence-corrected chi connectivity index (χ1v) is 6.04. The van der Waals surface area contributed by atoms with Crippen molar-refractivity contribution in [2.24, 2.45) is 0 Å². The fraction of sp³-hybridized carbons (Fsp3) is 0.429. The second-order valence-corrected chi connectivity index (χ2v) is 4.56. The molecule has 0 radical (unpaired) electrons. The van der Waals surface area contributed by atoms with E-state index in [4.69, 9.17) is 4.74 Å². The van der Waals surface area contributed by atoms with E-state index in [1.54, 1.807) is 45.2 Å². The molecule has 0 spiro atoms. The van der Waals surface area contributed by atoms with Crippen molar-refractivity contribution in [2.75, 3.05) is 7.11 Å². The lowest BCUT2D eigenvalue weighted by molar-refractivity contribution is -0.147. The molecule has 0 fully saturated rings. The highest BCUT2D eigenvalue weighted by Gasteiger charge is 2.28. The molecule has 5 heteroatoms. The van der Waals surface area contributed by atoms with Crippen LogP contribution in [-0.2, 0) is 20.9 Å². The van der Waals surface area contributed by atoms with Crippen molar-refractivity contribution in [1.29, 1.82) is 0 Å². The van der Waals surface area contributed by atoms with Gasteiger partial charge in [-0.2, -0.15) is 0 Å². The largest absolute Gasteiger partial charge is 0.479 e. The molecular weight excluding hydrogens is 246 g/mol. The fourth-order valence-corrected chi connectivity index (χ4v) is 1.89. The Hall–Kier alpha value is -1.88. The van der Waals surface area contributed by atoms with Gasteiger partial charge in [0.25, 0.3) is 0 Å². The van der Waals surface area contributed by atoms with E-state index in [0.717, 1.165) is 5.56 Å². The highest BCUT2D eigenvalue weighted by molar-refractivity contribution is 5.78. The molecule has 0 saturated carbocycles. The zero-order valence-electron chi connectivity index (χ0n) is 11.4. The van der Waals surface area contributed by atoms with E-state index < -0.39 is 12.0 Å². The molecule has 0 aliphatic heterocycles. The van der Waals surface area contributed by atoms with Gasteiger partial charge in [0, 0.05) is 13.2 Å². The Morgan fingerprint density at radius 3 is 2.32 bits per heavy atom. The van der Waals surface area contributed by atoms with E-state index in [0.29, 0.717) is 18.6 Å². The van der Waals surface area contributed by atoms with Crippen LogP contribution in [0.15, 0.2) is 24.3 Å². The van der Waals surface area contributed by atoms with Crippen LogP contribution in [0.2, 0.25) is 0 Å². The number of amides is 1. The van der Waals surface area contributed by atoms with Crippen LogP contribution >= 0.6 is 0 Å². The smallest absolute Gasteiger partial charge is 0.331 e. The topological polar surface area (TPSA) is 66.8 Å². The van der Waals surface area contributed by atoms with Gasteiger partial charge in [0.1, 0.15) is 0 Å². The number of hydrogen-bond acceptors (Lipinski definition) is 3. The molecule has 19 heavy (non-hydrogen) atoms. The minimum atomic E-state index is -1.04. The lowest BCUT2D eigenvalue weighted by Crippen LogP contribution is -2.38. The third kappa shape index (κ3) is 3.79. The fourth-order valence-electron chi connectivity index (χ4n) is 1.89. The van der Waals surface area contributed by atoms with Gasteiger partial charge in [0.05, 0.1) is 6.61 Å². The molecule has 104 valence electrons. The summed E-state index contributed by atoms with van der Waals surface area (Å²) >= 11 is 0. The summed E-state index contributed by atoms with van der Waals surface area (Å²) in [7, 11) is 1.60. The van der Waals surface area contributed by atoms with Gasteiger partial charge in [0.15, 0.2) is 6.04 Å². The Morgan fingerprint density at radius 1 is 1.37 bits per heavy atom. The van der Waals surface area contributed by atoms with Gasteiger partial charge in [-0.25, -0.2) is 4.79 Å². The number of carbonyl (C=O) groups excluding carboxylic acids is 1. The van der Waals surface area contributed by atoms with Gasteiger partial charge in [-0.15, -0.1) is 0 Å². The average molecular weight is 265 g/mol. The summed E-state index contributed by atoms with van der Waals surface area (Å²) in [5, 5.41) is 9.32. The number of nitrogens with zero attached hydrogens (tertiary/aromatic N) is 1. The maximum atomic E-state index is 11.4. The highest BCUT2D eigenvalue weighted by Crippen LogP contribution is 2.22. The van der Waals surface area contributed by atoms with Crippen molar-refractivity contribution >= 4 is 12.4 Å². The molecule has 1 unspecified atom stereocenters.